The molecule has 0 amide bonds. The molecule has 0 bridgehead atoms. The smallest absolute Gasteiger partial charge is 0.244 e. The van der Waals surface area contributed by atoms with Gasteiger partial charge in [-0.1, -0.05) is 25.9 Å². The first-order chi connectivity index (χ1) is 9.32. The van der Waals surface area contributed by atoms with Crippen LogP contribution in [0.25, 0.3) is 11.4 Å². The third-order valence-corrected chi connectivity index (χ3v) is 3.05. The second-order valence-corrected chi connectivity index (χ2v) is 5.65. The van der Waals surface area contributed by atoms with Crippen molar-refractivity contribution in [2.75, 3.05) is 7.11 Å². The molecular weight excluding hydrogens is 261 g/mol. The molecule has 2 aromatic rings. The summed E-state index contributed by atoms with van der Waals surface area (Å²) in [6.07, 6.45) is 0. The number of halogens is 1. The summed E-state index contributed by atoms with van der Waals surface area (Å²) in [7, 11) is 1.40. The molecule has 0 aliphatic carbocycles. The average molecular weight is 279 g/mol. The molecule has 0 radical (unpaired) electrons. The first kappa shape index (κ1) is 14.5. The van der Waals surface area contributed by atoms with Gasteiger partial charge in [0.25, 0.3) is 0 Å². The van der Waals surface area contributed by atoms with Gasteiger partial charge in [-0.15, -0.1) is 0 Å². The minimum absolute atomic E-state index is 0.133. The number of rotatable bonds is 3. The number of ether oxygens (including phenoxy) is 1. The first-order valence-corrected chi connectivity index (χ1v) is 6.26. The van der Waals surface area contributed by atoms with Crippen LogP contribution in [0.4, 0.5) is 4.39 Å². The van der Waals surface area contributed by atoms with Gasteiger partial charge in [0.05, 0.1) is 13.2 Å². The van der Waals surface area contributed by atoms with Crippen LogP contribution in [0.5, 0.6) is 5.75 Å². The number of hydrogen-bond acceptors (Lipinski definition) is 5. The van der Waals surface area contributed by atoms with E-state index >= 15 is 0 Å². The molecule has 2 N–H and O–H groups in total. The maximum atomic E-state index is 13.4. The molecule has 0 fully saturated rings. The quantitative estimate of drug-likeness (QED) is 0.935. The van der Waals surface area contributed by atoms with Crippen LogP contribution in [0.3, 0.4) is 0 Å². The third kappa shape index (κ3) is 2.80. The predicted molar refractivity (Wildman–Crippen MR) is 72.6 cm³/mol. The fourth-order valence-electron chi connectivity index (χ4n) is 1.65. The fourth-order valence-corrected chi connectivity index (χ4v) is 1.65. The van der Waals surface area contributed by atoms with Crippen molar-refractivity contribution in [3.63, 3.8) is 0 Å². The molecular formula is C14H18FN3O2. The molecule has 0 aliphatic rings. The predicted octanol–water partition coefficient (Wildman–Crippen LogP) is 2.93. The van der Waals surface area contributed by atoms with Crippen LogP contribution in [0.2, 0.25) is 0 Å². The SMILES string of the molecule is COc1cc(-c2noc([C@H](N)C(C)(C)C)n2)ccc1F. The van der Waals surface area contributed by atoms with Gasteiger partial charge in [0.2, 0.25) is 11.7 Å². The molecule has 1 aromatic carbocycles. The summed E-state index contributed by atoms with van der Waals surface area (Å²) in [4.78, 5) is 4.27. The van der Waals surface area contributed by atoms with Crippen molar-refractivity contribution < 1.29 is 13.7 Å². The van der Waals surface area contributed by atoms with Gasteiger partial charge < -0.3 is 15.0 Å². The maximum Gasteiger partial charge on any atom is 0.244 e. The van der Waals surface area contributed by atoms with E-state index in [0.717, 1.165) is 0 Å². The Balaban J connectivity index is 2.34. The highest BCUT2D eigenvalue weighted by Crippen LogP contribution is 2.31. The van der Waals surface area contributed by atoms with E-state index in [2.05, 4.69) is 10.1 Å². The Morgan fingerprint density at radius 1 is 1.35 bits per heavy atom. The van der Waals surface area contributed by atoms with Crippen molar-refractivity contribution in [2.24, 2.45) is 11.1 Å². The first-order valence-electron chi connectivity index (χ1n) is 6.26. The third-order valence-electron chi connectivity index (χ3n) is 3.05. The molecule has 6 heteroatoms. The molecule has 2 rings (SSSR count). The van der Waals surface area contributed by atoms with Crippen molar-refractivity contribution in [3.05, 3.63) is 29.9 Å². The molecule has 20 heavy (non-hydrogen) atoms. The van der Waals surface area contributed by atoms with Gasteiger partial charge in [-0.05, 0) is 23.6 Å². The summed E-state index contributed by atoms with van der Waals surface area (Å²) >= 11 is 0. The van der Waals surface area contributed by atoms with Crippen molar-refractivity contribution in [3.8, 4) is 17.1 Å². The van der Waals surface area contributed by atoms with E-state index in [1.54, 1.807) is 6.07 Å². The van der Waals surface area contributed by atoms with Crippen LogP contribution < -0.4 is 10.5 Å². The second-order valence-electron chi connectivity index (χ2n) is 5.65. The van der Waals surface area contributed by atoms with Crippen LogP contribution in [0.1, 0.15) is 32.7 Å². The highest BCUT2D eigenvalue weighted by Gasteiger charge is 2.27. The lowest BCUT2D eigenvalue weighted by molar-refractivity contribution is 0.253. The molecule has 0 spiro atoms. The summed E-state index contributed by atoms with van der Waals surface area (Å²) in [5.41, 5.74) is 6.48. The summed E-state index contributed by atoms with van der Waals surface area (Å²) in [5.74, 6) is 0.411. The highest BCUT2D eigenvalue weighted by atomic mass is 19.1. The van der Waals surface area contributed by atoms with Crippen LogP contribution in [-0.4, -0.2) is 17.3 Å². The van der Waals surface area contributed by atoms with E-state index in [0.29, 0.717) is 17.3 Å². The van der Waals surface area contributed by atoms with Crippen molar-refractivity contribution in [1.29, 1.82) is 0 Å². The molecule has 0 saturated heterocycles. The summed E-state index contributed by atoms with van der Waals surface area (Å²) < 4.78 is 23.5. The van der Waals surface area contributed by atoms with Crippen molar-refractivity contribution >= 4 is 0 Å². The van der Waals surface area contributed by atoms with Gasteiger partial charge >= 0.3 is 0 Å². The number of benzene rings is 1. The Morgan fingerprint density at radius 2 is 2.05 bits per heavy atom. The summed E-state index contributed by atoms with van der Waals surface area (Å²) in [6.45, 7) is 5.97. The lowest BCUT2D eigenvalue weighted by Gasteiger charge is -2.23. The Labute approximate surface area is 116 Å². The molecule has 1 atom stereocenters. The normalized spacial score (nSPS) is 13.3. The summed E-state index contributed by atoms with van der Waals surface area (Å²) in [5, 5.41) is 3.88. The summed E-state index contributed by atoms with van der Waals surface area (Å²) in [6, 6.07) is 4.02. The topological polar surface area (TPSA) is 74.2 Å². The van der Waals surface area contributed by atoms with Crippen molar-refractivity contribution in [1.82, 2.24) is 10.1 Å². The van der Waals surface area contributed by atoms with E-state index in [1.165, 1.54) is 19.2 Å². The molecule has 1 aromatic heterocycles. The second kappa shape index (κ2) is 5.20. The van der Waals surface area contributed by atoms with Gasteiger partial charge in [0.15, 0.2) is 11.6 Å². The largest absolute Gasteiger partial charge is 0.494 e. The van der Waals surface area contributed by atoms with Gasteiger partial charge in [0.1, 0.15) is 0 Å². The molecule has 0 unspecified atom stereocenters. The lowest BCUT2D eigenvalue weighted by atomic mass is 9.87. The zero-order chi connectivity index (χ0) is 14.9. The van der Waals surface area contributed by atoms with Crippen LogP contribution in [-0.2, 0) is 0 Å². The Kier molecular flexibility index (Phi) is 3.76. The van der Waals surface area contributed by atoms with E-state index in [9.17, 15) is 4.39 Å². The molecule has 5 nitrogen and oxygen atoms in total. The number of hydrogen-bond donors (Lipinski definition) is 1. The number of nitrogens with two attached hydrogens (primary N) is 1. The van der Waals surface area contributed by atoms with E-state index in [1.807, 2.05) is 20.8 Å². The number of nitrogens with zero attached hydrogens (tertiary/aromatic N) is 2. The Hall–Kier alpha value is -1.95. The minimum Gasteiger partial charge on any atom is -0.494 e. The fraction of sp³-hybridized carbons (Fsp3) is 0.429. The highest BCUT2D eigenvalue weighted by molar-refractivity contribution is 5.57. The Bertz CT molecular complexity index is 605. The zero-order valence-electron chi connectivity index (χ0n) is 12.0. The van der Waals surface area contributed by atoms with Gasteiger partial charge in [-0.2, -0.15) is 4.98 Å². The number of methoxy groups -OCH3 is 1. The molecule has 1 heterocycles. The maximum absolute atomic E-state index is 13.4. The van der Waals surface area contributed by atoms with Gasteiger partial charge in [-0.25, -0.2) is 4.39 Å². The van der Waals surface area contributed by atoms with Crippen LogP contribution in [0.15, 0.2) is 22.7 Å². The Morgan fingerprint density at radius 3 is 2.65 bits per heavy atom. The van der Waals surface area contributed by atoms with E-state index in [4.69, 9.17) is 15.0 Å². The molecule has 108 valence electrons. The van der Waals surface area contributed by atoms with E-state index < -0.39 is 5.82 Å². The minimum atomic E-state index is -0.439. The monoisotopic (exact) mass is 279 g/mol. The van der Waals surface area contributed by atoms with Gasteiger partial charge in [0, 0.05) is 5.56 Å². The zero-order valence-corrected chi connectivity index (χ0v) is 12.0. The average Bonchev–Trinajstić information content (AvgIpc) is 2.86. The van der Waals surface area contributed by atoms with Gasteiger partial charge in [-0.3, -0.25) is 0 Å². The van der Waals surface area contributed by atoms with E-state index in [-0.39, 0.29) is 17.2 Å². The van der Waals surface area contributed by atoms with Crippen LogP contribution in [0, 0.1) is 11.2 Å². The lowest BCUT2D eigenvalue weighted by Crippen LogP contribution is -2.26. The van der Waals surface area contributed by atoms with Crippen LogP contribution >= 0.6 is 0 Å². The molecule has 0 aliphatic heterocycles. The van der Waals surface area contributed by atoms with Crippen molar-refractivity contribution in [2.45, 2.75) is 26.8 Å². The molecule has 0 saturated carbocycles. The number of aromatic nitrogens is 2. The standard InChI is InChI=1S/C14H18FN3O2/c1-14(2,3)11(16)13-17-12(18-20-13)8-5-6-9(15)10(7-8)19-4/h5-7,11H,16H2,1-4H3/t11-/m0/s1.